The number of nitrogens with zero attached hydrogens (tertiary/aromatic N) is 1. The summed E-state index contributed by atoms with van der Waals surface area (Å²) in [7, 11) is -1.56. The molecule has 0 saturated heterocycles. The molecule has 0 spiro atoms. The van der Waals surface area contributed by atoms with Crippen LogP contribution in [-0.2, 0) is 22.8 Å². The van der Waals surface area contributed by atoms with Crippen molar-refractivity contribution in [2.45, 2.75) is 24.5 Å². The first-order valence-electron chi connectivity index (χ1n) is 8.55. The van der Waals surface area contributed by atoms with Crippen molar-refractivity contribution in [3.05, 3.63) is 59.7 Å². The fraction of sp³-hybridized carbons (Fsp3) is 0.316. The van der Waals surface area contributed by atoms with Gasteiger partial charge in [-0.15, -0.1) is 24.0 Å². The maximum absolute atomic E-state index is 12.3. The van der Waals surface area contributed by atoms with Gasteiger partial charge in [-0.05, 0) is 41.8 Å². The van der Waals surface area contributed by atoms with Crippen molar-refractivity contribution in [3.8, 4) is 5.75 Å². The number of sulfone groups is 1. The lowest BCUT2D eigenvalue weighted by atomic mass is 10.1. The molecular formula is C19H24F2IN3O3S. The minimum atomic E-state index is -3.20. The number of hydrogen-bond donors (Lipinski definition) is 2. The second-order valence-corrected chi connectivity index (χ2v) is 8.06. The molecule has 2 aromatic carbocycles. The third-order valence-corrected chi connectivity index (χ3v) is 4.99. The van der Waals surface area contributed by atoms with Gasteiger partial charge in [-0.25, -0.2) is 8.42 Å². The number of rotatable bonds is 8. The number of aliphatic imine (C=N–C) groups is 1. The lowest BCUT2D eigenvalue weighted by Crippen LogP contribution is -2.37. The van der Waals surface area contributed by atoms with E-state index in [0.29, 0.717) is 30.4 Å². The predicted molar refractivity (Wildman–Crippen MR) is 120 cm³/mol. The van der Waals surface area contributed by atoms with Gasteiger partial charge in [0.05, 0.1) is 4.90 Å². The van der Waals surface area contributed by atoms with Crippen LogP contribution < -0.4 is 15.4 Å². The Hall–Kier alpha value is -1.95. The number of guanidine groups is 1. The van der Waals surface area contributed by atoms with Crippen LogP contribution in [0.15, 0.2) is 58.4 Å². The highest BCUT2D eigenvalue weighted by Gasteiger charge is 2.07. The van der Waals surface area contributed by atoms with Crippen molar-refractivity contribution in [2.24, 2.45) is 4.99 Å². The maximum atomic E-state index is 12.3. The Bertz CT molecular complexity index is 907. The Morgan fingerprint density at radius 1 is 1.10 bits per heavy atom. The van der Waals surface area contributed by atoms with E-state index in [1.165, 1.54) is 18.4 Å². The van der Waals surface area contributed by atoms with E-state index < -0.39 is 16.4 Å². The quantitative estimate of drug-likeness (QED) is 0.306. The number of ether oxygens (including phenoxy) is 1. The molecule has 0 aliphatic carbocycles. The number of alkyl halides is 2. The van der Waals surface area contributed by atoms with E-state index in [-0.39, 0.29) is 29.7 Å². The monoisotopic (exact) mass is 539 g/mol. The zero-order chi connectivity index (χ0) is 20.6. The topological polar surface area (TPSA) is 79.8 Å². The molecule has 0 aliphatic rings. The SMILES string of the molecule is CN=C(NCCc1ccc(S(C)(=O)=O)cc1)NCc1cccc(OC(F)F)c1.I. The molecule has 0 amide bonds. The summed E-state index contributed by atoms with van der Waals surface area (Å²) in [4.78, 5) is 4.41. The second-order valence-electron chi connectivity index (χ2n) is 6.04. The van der Waals surface area contributed by atoms with Crippen LogP contribution >= 0.6 is 24.0 Å². The van der Waals surface area contributed by atoms with Crippen LogP contribution in [0.3, 0.4) is 0 Å². The summed E-state index contributed by atoms with van der Waals surface area (Å²) in [6, 6.07) is 13.2. The van der Waals surface area contributed by atoms with Crippen molar-refractivity contribution in [2.75, 3.05) is 19.8 Å². The Morgan fingerprint density at radius 3 is 2.38 bits per heavy atom. The lowest BCUT2D eigenvalue weighted by Gasteiger charge is -2.13. The largest absolute Gasteiger partial charge is 0.435 e. The average molecular weight is 539 g/mol. The van der Waals surface area contributed by atoms with Crippen LogP contribution in [0, 0.1) is 0 Å². The van der Waals surface area contributed by atoms with Gasteiger partial charge in [-0.2, -0.15) is 8.78 Å². The minimum absolute atomic E-state index is 0. The molecule has 2 aromatic rings. The fourth-order valence-electron chi connectivity index (χ4n) is 2.47. The normalized spacial score (nSPS) is 11.7. The number of halogens is 3. The van der Waals surface area contributed by atoms with E-state index >= 15 is 0 Å². The minimum Gasteiger partial charge on any atom is -0.435 e. The van der Waals surface area contributed by atoms with E-state index in [1.807, 2.05) is 0 Å². The highest BCUT2D eigenvalue weighted by atomic mass is 127. The van der Waals surface area contributed by atoms with Crippen LogP contribution in [-0.4, -0.2) is 40.8 Å². The molecule has 0 fully saturated rings. The zero-order valence-corrected chi connectivity index (χ0v) is 19.2. The summed E-state index contributed by atoms with van der Waals surface area (Å²) >= 11 is 0. The van der Waals surface area contributed by atoms with Crippen molar-refractivity contribution < 1.29 is 21.9 Å². The first-order chi connectivity index (χ1) is 13.3. The highest BCUT2D eigenvalue weighted by molar-refractivity contribution is 14.0. The Labute approximate surface area is 186 Å². The lowest BCUT2D eigenvalue weighted by molar-refractivity contribution is -0.0498. The zero-order valence-electron chi connectivity index (χ0n) is 16.1. The van der Waals surface area contributed by atoms with E-state index in [0.717, 1.165) is 11.1 Å². The molecule has 0 atom stereocenters. The van der Waals surface area contributed by atoms with Gasteiger partial charge in [0.15, 0.2) is 15.8 Å². The van der Waals surface area contributed by atoms with Crippen molar-refractivity contribution in [1.29, 1.82) is 0 Å². The molecule has 0 unspecified atom stereocenters. The highest BCUT2D eigenvalue weighted by Crippen LogP contribution is 2.15. The Morgan fingerprint density at radius 2 is 1.79 bits per heavy atom. The van der Waals surface area contributed by atoms with Crippen LogP contribution in [0.2, 0.25) is 0 Å². The third kappa shape index (κ3) is 8.94. The van der Waals surface area contributed by atoms with Crippen LogP contribution in [0.1, 0.15) is 11.1 Å². The molecular weight excluding hydrogens is 515 g/mol. The second kappa shape index (κ2) is 11.9. The maximum Gasteiger partial charge on any atom is 0.387 e. The van der Waals surface area contributed by atoms with Crippen LogP contribution in [0.5, 0.6) is 5.75 Å². The summed E-state index contributed by atoms with van der Waals surface area (Å²) in [5, 5.41) is 6.25. The average Bonchev–Trinajstić information content (AvgIpc) is 2.64. The standard InChI is InChI=1S/C19H23F2N3O3S.HI/c1-22-19(24-13-15-4-3-5-16(12-15)27-18(20)21)23-11-10-14-6-8-17(9-7-14)28(2,25)26;/h3-9,12,18H,10-11,13H2,1-2H3,(H2,22,23,24);1H. The van der Waals surface area contributed by atoms with E-state index in [4.69, 9.17) is 0 Å². The fourth-order valence-corrected chi connectivity index (χ4v) is 3.10. The van der Waals surface area contributed by atoms with Gasteiger partial charge in [0.2, 0.25) is 0 Å². The van der Waals surface area contributed by atoms with E-state index in [2.05, 4.69) is 20.4 Å². The number of hydrogen-bond acceptors (Lipinski definition) is 4. The molecule has 0 radical (unpaired) electrons. The Kier molecular flexibility index (Phi) is 10.3. The molecule has 29 heavy (non-hydrogen) atoms. The van der Waals surface area contributed by atoms with Gasteiger partial charge < -0.3 is 15.4 Å². The third-order valence-electron chi connectivity index (χ3n) is 3.86. The smallest absolute Gasteiger partial charge is 0.387 e. The summed E-state index contributed by atoms with van der Waals surface area (Å²) in [6.07, 6.45) is 1.86. The van der Waals surface area contributed by atoms with Crippen molar-refractivity contribution in [3.63, 3.8) is 0 Å². The van der Waals surface area contributed by atoms with Gasteiger partial charge in [0, 0.05) is 26.4 Å². The molecule has 0 saturated carbocycles. The molecule has 6 nitrogen and oxygen atoms in total. The molecule has 0 bridgehead atoms. The molecule has 0 aliphatic heterocycles. The molecule has 0 heterocycles. The van der Waals surface area contributed by atoms with Gasteiger partial charge in [-0.3, -0.25) is 4.99 Å². The predicted octanol–water partition coefficient (Wildman–Crippen LogP) is 3.22. The van der Waals surface area contributed by atoms with Gasteiger partial charge >= 0.3 is 6.61 Å². The number of benzene rings is 2. The number of nitrogens with one attached hydrogen (secondary N) is 2. The van der Waals surface area contributed by atoms with E-state index in [9.17, 15) is 17.2 Å². The molecule has 2 rings (SSSR count). The summed E-state index contributed by atoms with van der Waals surface area (Å²) in [6.45, 7) is -1.88. The first kappa shape index (κ1) is 25.1. The van der Waals surface area contributed by atoms with Crippen molar-refractivity contribution in [1.82, 2.24) is 10.6 Å². The Balaban J connectivity index is 0.00000420. The summed E-state index contributed by atoms with van der Waals surface area (Å²) in [5.41, 5.74) is 1.77. The first-order valence-corrected chi connectivity index (χ1v) is 10.4. The van der Waals surface area contributed by atoms with Crippen molar-refractivity contribution >= 4 is 39.8 Å². The summed E-state index contributed by atoms with van der Waals surface area (Å²) in [5.74, 6) is 0.669. The molecule has 2 N–H and O–H groups in total. The van der Waals surface area contributed by atoms with E-state index in [1.54, 1.807) is 43.4 Å². The molecule has 160 valence electrons. The molecule has 0 aromatic heterocycles. The van der Waals surface area contributed by atoms with Gasteiger partial charge in [0.25, 0.3) is 0 Å². The van der Waals surface area contributed by atoms with Crippen LogP contribution in [0.4, 0.5) is 8.78 Å². The molecule has 10 heteroatoms. The summed E-state index contributed by atoms with van der Waals surface area (Å²) < 4.78 is 51.9. The van der Waals surface area contributed by atoms with Gasteiger partial charge in [0.1, 0.15) is 5.75 Å². The van der Waals surface area contributed by atoms with Gasteiger partial charge in [-0.1, -0.05) is 24.3 Å². The van der Waals surface area contributed by atoms with Crippen LogP contribution in [0.25, 0.3) is 0 Å².